The lowest BCUT2D eigenvalue weighted by atomic mass is 10.1. The number of aryl methyl sites for hydroxylation is 2. The monoisotopic (exact) mass is 232 g/mol. The van der Waals surface area contributed by atoms with Gasteiger partial charge >= 0.3 is 0 Å². The predicted molar refractivity (Wildman–Crippen MR) is 66.3 cm³/mol. The zero-order valence-corrected chi connectivity index (χ0v) is 10.8. The molecule has 2 unspecified atom stereocenters. The molecule has 17 heavy (non-hydrogen) atoms. The fourth-order valence-corrected chi connectivity index (χ4v) is 2.67. The molecule has 1 fully saturated rings. The number of hydrogen-bond acceptors (Lipinski definition) is 3. The van der Waals surface area contributed by atoms with Crippen molar-refractivity contribution < 1.29 is 0 Å². The van der Waals surface area contributed by atoms with E-state index in [0.29, 0.717) is 6.04 Å². The highest BCUT2D eigenvalue weighted by Gasteiger charge is 2.26. The minimum Gasteiger partial charge on any atom is -0.308 e. The Morgan fingerprint density at radius 1 is 1.47 bits per heavy atom. The topological polar surface area (TPSA) is 53.6 Å². The van der Waals surface area contributed by atoms with Gasteiger partial charge in [0.15, 0.2) is 0 Å². The van der Waals surface area contributed by atoms with Gasteiger partial charge in [-0.3, -0.25) is 4.68 Å². The molecule has 1 saturated carbocycles. The van der Waals surface area contributed by atoms with Crippen LogP contribution in [0.5, 0.6) is 0 Å². The van der Waals surface area contributed by atoms with Crippen LogP contribution in [0.15, 0.2) is 0 Å². The van der Waals surface area contributed by atoms with E-state index < -0.39 is 0 Å². The molecule has 4 heteroatoms. The van der Waals surface area contributed by atoms with Crippen LogP contribution < -0.4 is 5.32 Å². The summed E-state index contributed by atoms with van der Waals surface area (Å²) in [6, 6.07) is 2.76. The molecule has 0 aliphatic heterocycles. The number of nitrogens with one attached hydrogen (secondary N) is 1. The van der Waals surface area contributed by atoms with Gasteiger partial charge in [0.1, 0.15) is 0 Å². The largest absolute Gasteiger partial charge is 0.308 e. The highest BCUT2D eigenvalue weighted by Crippen LogP contribution is 2.25. The van der Waals surface area contributed by atoms with E-state index in [9.17, 15) is 0 Å². The van der Waals surface area contributed by atoms with E-state index in [4.69, 9.17) is 5.26 Å². The van der Waals surface area contributed by atoms with Crippen molar-refractivity contribution in [3.8, 4) is 6.07 Å². The normalized spacial score (nSPS) is 23.9. The molecule has 92 valence electrons. The quantitative estimate of drug-likeness (QED) is 0.865. The summed E-state index contributed by atoms with van der Waals surface area (Å²) < 4.78 is 1.92. The summed E-state index contributed by atoms with van der Waals surface area (Å²) in [5.74, 6) is 0.187. The molecule has 4 nitrogen and oxygen atoms in total. The SMILES string of the molecule is Cc1nn(C)c(C)c1CNC1CCCC1C#N. The van der Waals surface area contributed by atoms with Gasteiger partial charge in [-0.25, -0.2) is 0 Å². The van der Waals surface area contributed by atoms with Crippen molar-refractivity contribution in [2.24, 2.45) is 13.0 Å². The second-order valence-electron chi connectivity index (χ2n) is 4.93. The van der Waals surface area contributed by atoms with E-state index in [-0.39, 0.29) is 5.92 Å². The third kappa shape index (κ3) is 2.34. The first kappa shape index (κ1) is 12.1. The molecule has 1 aliphatic carbocycles. The molecule has 0 spiro atoms. The molecule has 0 bridgehead atoms. The smallest absolute Gasteiger partial charge is 0.0672 e. The van der Waals surface area contributed by atoms with Crippen molar-refractivity contribution in [2.45, 2.75) is 45.7 Å². The van der Waals surface area contributed by atoms with Crippen LogP contribution in [-0.4, -0.2) is 15.8 Å². The van der Waals surface area contributed by atoms with Gasteiger partial charge in [-0.15, -0.1) is 0 Å². The van der Waals surface area contributed by atoms with Crippen LogP contribution >= 0.6 is 0 Å². The molecule has 0 radical (unpaired) electrons. The van der Waals surface area contributed by atoms with Crippen molar-refractivity contribution >= 4 is 0 Å². The Morgan fingerprint density at radius 2 is 2.24 bits per heavy atom. The number of aromatic nitrogens is 2. The first-order valence-corrected chi connectivity index (χ1v) is 6.25. The first-order chi connectivity index (χ1) is 8.13. The Hall–Kier alpha value is -1.34. The van der Waals surface area contributed by atoms with Crippen LogP contribution in [0, 0.1) is 31.1 Å². The lowest BCUT2D eigenvalue weighted by Crippen LogP contribution is -2.31. The summed E-state index contributed by atoms with van der Waals surface area (Å²) in [4.78, 5) is 0. The van der Waals surface area contributed by atoms with Crippen LogP contribution in [0.25, 0.3) is 0 Å². The molecule has 1 aliphatic rings. The van der Waals surface area contributed by atoms with Gasteiger partial charge in [0.25, 0.3) is 0 Å². The van der Waals surface area contributed by atoms with Gasteiger partial charge in [-0.1, -0.05) is 6.42 Å². The minimum atomic E-state index is 0.187. The summed E-state index contributed by atoms with van der Waals surface area (Å²) in [5, 5.41) is 17.0. The molecule has 2 atom stereocenters. The molecular weight excluding hydrogens is 212 g/mol. The summed E-state index contributed by atoms with van der Waals surface area (Å²) in [5.41, 5.74) is 3.57. The molecule has 1 aromatic rings. The van der Waals surface area contributed by atoms with E-state index in [1.807, 2.05) is 18.7 Å². The third-order valence-corrected chi connectivity index (χ3v) is 3.88. The molecule has 1 N–H and O–H groups in total. The first-order valence-electron chi connectivity index (χ1n) is 6.25. The van der Waals surface area contributed by atoms with E-state index in [1.165, 1.54) is 17.7 Å². The Labute approximate surface area is 103 Å². The maximum atomic E-state index is 9.04. The Bertz CT molecular complexity index is 441. The van der Waals surface area contributed by atoms with E-state index >= 15 is 0 Å². The number of hydrogen-bond donors (Lipinski definition) is 1. The number of nitriles is 1. The lowest BCUT2D eigenvalue weighted by molar-refractivity contribution is 0.463. The van der Waals surface area contributed by atoms with Crippen molar-refractivity contribution in [1.82, 2.24) is 15.1 Å². The minimum absolute atomic E-state index is 0.187. The maximum Gasteiger partial charge on any atom is 0.0672 e. The average Bonchev–Trinajstić information content (AvgIpc) is 2.84. The lowest BCUT2D eigenvalue weighted by Gasteiger charge is -2.15. The molecule has 0 aromatic carbocycles. The molecule has 0 amide bonds. The molecule has 1 aromatic heterocycles. The van der Waals surface area contributed by atoms with Gasteiger partial charge in [-0.05, 0) is 26.7 Å². The predicted octanol–water partition coefficient (Wildman–Crippen LogP) is 1.82. The van der Waals surface area contributed by atoms with Gasteiger partial charge in [0.2, 0.25) is 0 Å². The zero-order chi connectivity index (χ0) is 12.4. The Kier molecular flexibility index (Phi) is 3.49. The van der Waals surface area contributed by atoms with Crippen molar-refractivity contribution in [3.63, 3.8) is 0 Å². The molecule has 1 heterocycles. The van der Waals surface area contributed by atoms with Crippen molar-refractivity contribution in [1.29, 1.82) is 5.26 Å². The fraction of sp³-hybridized carbons (Fsp3) is 0.692. The van der Waals surface area contributed by atoms with Crippen molar-refractivity contribution in [3.05, 3.63) is 17.0 Å². The summed E-state index contributed by atoms with van der Waals surface area (Å²) in [6.45, 7) is 4.96. The van der Waals surface area contributed by atoms with E-state index in [2.05, 4.69) is 23.4 Å². The van der Waals surface area contributed by atoms with E-state index in [0.717, 1.165) is 25.1 Å². The van der Waals surface area contributed by atoms with Crippen LogP contribution in [0.4, 0.5) is 0 Å². The number of nitrogens with zero attached hydrogens (tertiary/aromatic N) is 3. The highest BCUT2D eigenvalue weighted by atomic mass is 15.3. The van der Waals surface area contributed by atoms with Gasteiger partial charge < -0.3 is 5.32 Å². The summed E-state index contributed by atoms with van der Waals surface area (Å²) >= 11 is 0. The van der Waals surface area contributed by atoms with Crippen molar-refractivity contribution in [2.75, 3.05) is 0 Å². The van der Waals surface area contributed by atoms with Gasteiger partial charge in [0, 0.05) is 30.9 Å². The van der Waals surface area contributed by atoms with Crippen LogP contribution in [0.1, 0.15) is 36.2 Å². The standard InChI is InChI=1S/C13H20N4/c1-9-12(10(2)17(3)16-9)8-15-13-6-4-5-11(13)7-14/h11,13,15H,4-6,8H2,1-3H3. The Morgan fingerprint density at radius 3 is 2.82 bits per heavy atom. The average molecular weight is 232 g/mol. The van der Waals surface area contributed by atoms with E-state index in [1.54, 1.807) is 0 Å². The number of rotatable bonds is 3. The fourth-order valence-electron chi connectivity index (χ4n) is 2.67. The highest BCUT2D eigenvalue weighted by molar-refractivity contribution is 5.24. The summed E-state index contributed by atoms with van der Waals surface area (Å²) in [7, 11) is 1.97. The maximum absolute atomic E-state index is 9.04. The molecular formula is C13H20N4. The molecule has 0 saturated heterocycles. The Balaban J connectivity index is 2.00. The van der Waals surface area contributed by atoms with Crippen LogP contribution in [-0.2, 0) is 13.6 Å². The van der Waals surface area contributed by atoms with Crippen LogP contribution in [0.3, 0.4) is 0 Å². The third-order valence-electron chi connectivity index (χ3n) is 3.88. The van der Waals surface area contributed by atoms with Gasteiger partial charge in [0.05, 0.1) is 17.7 Å². The zero-order valence-electron chi connectivity index (χ0n) is 10.8. The van der Waals surface area contributed by atoms with Gasteiger partial charge in [-0.2, -0.15) is 10.4 Å². The second-order valence-corrected chi connectivity index (χ2v) is 4.93. The summed E-state index contributed by atoms with van der Waals surface area (Å²) in [6.07, 6.45) is 3.33. The second kappa shape index (κ2) is 4.89. The van der Waals surface area contributed by atoms with Crippen LogP contribution in [0.2, 0.25) is 0 Å². The molecule has 2 rings (SSSR count).